The third kappa shape index (κ3) is 2.50. The molecule has 8 saturated carbocycles. The van der Waals surface area contributed by atoms with Crippen molar-refractivity contribution >= 4 is 11.9 Å². The Morgan fingerprint density at radius 1 is 0.688 bits per heavy atom. The first-order valence-corrected chi connectivity index (χ1v) is 12.9. The summed E-state index contributed by atoms with van der Waals surface area (Å²) >= 11 is 0. The molecule has 0 spiro atoms. The average molecular weight is 435 g/mol. The number of aromatic carboxylic acids is 2. The zero-order valence-corrected chi connectivity index (χ0v) is 18.8. The summed E-state index contributed by atoms with van der Waals surface area (Å²) in [5, 5.41) is 19.7. The first-order valence-electron chi connectivity index (χ1n) is 12.9. The van der Waals surface area contributed by atoms with Crippen LogP contribution >= 0.6 is 0 Å². The van der Waals surface area contributed by atoms with E-state index in [9.17, 15) is 19.8 Å². The van der Waals surface area contributed by atoms with Crippen molar-refractivity contribution in [3.05, 3.63) is 34.9 Å². The Balaban J connectivity index is 1.36. The molecule has 0 aliphatic heterocycles. The highest BCUT2D eigenvalue weighted by molar-refractivity contribution is 5.93. The number of hydrogen-bond acceptors (Lipinski definition) is 2. The van der Waals surface area contributed by atoms with Gasteiger partial charge >= 0.3 is 11.9 Å². The van der Waals surface area contributed by atoms with E-state index in [0.717, 1.165) is 42.6 Å². The Bertz CT molecular complexity index is 973. The SMILES string of the molecule is O=C(O)c1ccc(C(=O)O)c(C23CC4CC(C2)CC(C25CC6CC(CC(C6)C2)C5)(C4)C3)c1. The molecule has 4 nitrogen and oxygen atoms in total. The number of benzene rings is 1. The summed E-state index contributed by atoms with van der Waals surface area (Å²) in [6, 6.07) is 4.79. The van der Waals surface area contributed by atoms with Gasteiger partial charge < -0.3 is 10.2 Å². The normalized spacial score (nSPS) is 47.7. The smallest absolute Gasteiger partial charge is 0.335 e. The summed E-state index contributed by atoms with van der Waals surface area (Å²) in [5.74, 6) is 2.28. The summed E-state index contributed by atoms with van der Waals surface area (Å²) < 4.78 is 0. The van der Waals surface area contributed by atoms with E-state index in [-0.39, 0.29) is 11.0 Å². The quantitative estimate of drug-likeness (QED) is 0.597. The highest BCUT2D eigenvalue weighted by Gasteiger charge is 2.68. The molecule has 8 aliphatic rings. The zero-order chi connectivity index (χ0) is 21.9. The van der Waals surface area contributed by atoms with Crippen molar-refractivity contribution in [1.29, 1.82) is 0 Å². The van der Waals surface area contributed by atoms with Gasteiger partial charge in [0.05, 0.1) is 11.1 Å². The van der Waals surface area contributed by atoms with Crippen LogP contribution in [0.1, 0.15) is 103 Å². The van der Waals surface area contributed by atoms with Crippen molar-refractivity contribution in [2.24, 2.45) is 40.4 Å². The van der Waals surface area contributed by atoms with Crippen molar-refractivity contribution < 1.29 is 19.8 Å². The molecule has 0 radical (unpaired) electrons. The second kappa shape index (κ2) is 6.18. The van der Waals surface area contributed by atoms with Gasteiger partial charge in [-0.15, -0.1) is 0 Å². The molecule has 2 unspecified atom stereocenters. The number of carboxylic acid groups (broad SMARTS) is 2. The molecule has 1 aromatic carbocycles. The van der Waals surface area contributed by atoms with Crippen LogP contribution in [0.4, 0.5) is 0 Å². The van der Waals surface area contributed by atoms with Gasteiger partial charge in [-0.3, -0.25) is 0 Å². The summed E-state index contributed by atoms with van der Waals surface area (Å²) in [5.41, 5.74) is 2.10. The van der Waals surface area contributed by atoms with Crippen LogP contribution < -0.4 is 0 Å². The number of hydrogen-bond donors (Lipinski definition) is 2. The van der Waals surface area contributed by atoms with Crippen molar-refractivity contribution in [2.75, 3.05) is 0 Å². The highest BCUT2D eigenvalue weighted by Crippen LogP contribution is 2.77. The van der Waals surface area contributed by atoms with Crippen LogP contribution in [0.25, 0.3) is 0 Å². The van der Waals surface area contributed by atoms with Crippen LogP contribution in [0.3, 0.4) is 0 Å². The fourth-order valence-electron chi connectivity index (χ4n) is 11.3. The van der Waals surface area contributed by atoms with E-state index in [0.29, 0.717) is 28.2 Å². The molecule has 1 aromatic rings. The molecule has 8 bridgehead atoms. The molecule has 2 atom stereocenters. The lowest BCUT2D eigenvalue weighted by molar-refractivity contribution is -0.206. The lowest BCUT2D eigenvalue weighted by atomic mass is 9.32. The van der Waals surface area contributed by atoms with Crippen LogP contribution in [0, 0.1) is 40.4 Å². The van der Waals surface area contributed by atoms with Crippen molar-refractivity contribution in [3.8, 4) is 0 Å². The molecule has 0 saturated heterocycles. The Morgan fingerprint density at radius 2 is 1.22 bits per heavy atom. The summed E-state index contributed by atoms with van der Waals surface area (Å²) in [7, 11) is 0. The van der Waals surface area contributed by atoms with E-state index < -0.39 is 11.9 Å². The molecule has 0 aromatic heterocycles. The first-order chi connectivity index (χ1) is 15.3. The fraction of sp³-hybridized carbons (Fsp3) is 0.714. The average Bonchev–Trinajstić information content (AvgIpc) is 2.71. The van der Waals surface area contributed by atoms with E-state index in [1.165, 1.54) is 63.9 Å². The van der Waals surface area contributed by atoms with Gasteiger partial charge in [0.2, 0.25) is 0 Å². The summed E-state index contributed by atoms with van der Waals surface area (Å²) in [6.45, 7) is 0. The molecular weight excluding hydrogens is 400 g/mol. The topological polar surface area (TPSA) is 74.6 Å². The van der Waals surface area contributed by atoms with Crippen molar-refractivity contribution in [2.45, 2.75) is 82.5 Å². The van der Waals surface area contributed by atoms with Crippen LogP contribution in [-0.4, -0.2) is 22.2 Å². The molecule has 32 heavy (non-hydrogen) atoms. The molecule has 2 N–H and O–H groups in total. The van der Waals surface area contributed by atoms with Gasteiger partial charge in [0, 0.05) is 0 Å². The third-order valence-electron chi connectivity index (χ3n) is 11.3. The predicted octanol–water partition coefficient (Wildman–Crippen LogP) is 6.14. The highest BCUT2D eigenvalue weighted by atomic mass is 16.4. The molecule has 4 heteroatoms. The van der Waals surface area contributed by atoms with Gasteiger partial charge in [-0.1, -0.05) is 0 Å². The summed E-state index contributed by atoms with van der Waals surface area (Å²) in [4.78, 5) is 24.1. The monoisotopic (exact) mass is 434 g/mol. The number of carboxylic acids is 2. The maximum Gasteiger partial charge on any atom is 0.335 e. The number of carbonyl (C=O) groups is 2. The van der Waals surface area contributed by atoms with Gasteiger partial charge in [-0.25, -0.2) is 9.59 Å². The minimum Gasteiger partial charge on any atom is -0.478 e. The number of rotatable bonds is 4. The van der Waals surface area contributed by atoms with Crippen LogP contribution in [-0.2, 0) is 5.41 Å². The van der Waals surface area contributed by atoms with Gasteiger partial charge in [-0.2, -0.15) is 0 Å². The molecule has 170 valence electrons. The maximum absolute atomic E-state index is 12.3. The minimum absolute atomic E-state index is 0.146. The van der Waals surface area contributed by atoms with E-state index in [2.05, 4.69) is 0 Å². The van der Waals surface area contributed by atoms with Gasteiger partial charge in [-0.05, 0) is 147 Å². The zero-order valence-electron chi connectivity index (χ0n) is 18.8. The van der Waals surface area contributed by atoms with Crippen molar-refractivity contribution in [3.63, 3.8) is 0 Å². The lowest BCUT2D eigenvalue weighted by Gasteiger charge is -2.72. The Kier molecular flexibility index (Phi) is 3.79. The van der Waals surface area contributed by atoms with Gasteiger partial charge in [0.1, 0.15) is 0 Å². The van der Waals surface area contributed by atoms with E-state index in [1.807, 2.05) is 0 Å². The second-order valence-corrected chi connectivity index (χ2v) is 13.1. The largest absolute Gasteiger partial charge is 0.478 e. The molecule has 8 aliphatic carbocycles. The third-order valence-corrected chi connectivity index (χ3v) is 11.3. The van der Waals surface area contributed by atoms with E-state index in [4.69, 9.17) is 0 Å². The molecule has 9 rings (SSSR count). The maximum atomic E-state index is 12.3. The lowest BCUT2D eigenvalue weighted by Crippen LogP contribution is -2.63. The minimum atomic E-state index is -0.955. The van der Waals surface area contributed by atoms with E-state index in [1.54, 1.807) is 12.1 Å². The Hall–Kier alpha value is -1.84. The van der Waals surface area contributed by atoms with Gasteiger partial charge in [0.25, 0.3) is 0 Å². The molecule has 0 amide bonds. The Labute approximate surface area is 189 Å². The summed E-state index contributed by atoms with van der Waals surface area (Å²) in [6.07, 6.45) is 15.8. The Morgan fingerprint density at radius 3 is 1.75 bits per heavy atom. The van der Waals surface area contributed by atoms with E-state index >= 15 is 0 Å². The molecule has 0 heterocycles. The van der Waals surface area contributed by atoms with Crippen LogP contribution in [0.2, 0.25) is 0 Å². The predicted molar refractivity (Wildman–Crippen MR) is 120 cm³/mol. The second-order valence-electron chi connectivity index (χ2n) is 13.1. The first kappa shape index (κ1) is 19.6. The fourth-order valence-corrected chi connectivity index (χ4v) is 11.3. The van der Waals surface area contributed by atoms with Gasteiger partial charge in [0.15, 0.2) is 0 Å². The molecular formula is C28H34O4. The van der Waals surface area contributed by atoms with Crippen LogP contribution in [0.15, 0.2) is 18.2 Å². The standard InChI is InChI=1S/C28H34O4/c29-24(30)21-1-2-22(25(31)32)23(7-21)26-8-19-6-20(9-26)14-28(13-19,15-26)27-10-16-3-17(11-27)5-18(4-16)12-27/h1-2,7,16-20H,3-6,8-15H2,(H,29,30)(H,31,32). The molecule has 8 fully saturated rings. The van der Waals surface area contributed by atoms with Crippen LogP contribution in [0.5, 0.6) is 0 Å². The van der Waals surface area contributed by atoms with Crippen molar-refractivity contribution in [1.82, 2.24) is 0 Å².